The number of nitrogens with zero attached hydrogens (tertiary/aromatic N) is 3. The van der Waals surface area contributed by atoms with Gasteiger partial charge in [-0.2, -0.15) is 0 Å². The van der Waals surface area contributed by atoms with Gasteiger partial charge in [0.1, 0.15) is 17.6 Å². The van der Waals surface area contributed by atoms with E-state index in [2.05, 4.69) is 14.8 Å². The summed E-state index contributed by atoms with van der Waals surface area (Å²) in [6, 6.07) is 13.3. The van der Waals surface area contributed by atoms with Gasteiger partial charge in [-0.25, -0.2) is 4.98 Å². The van der Waals surface area contributed by atoms with Gasteiger partial charge in [0.25, 0.3) is 0 Å². The molecule has 1 saturated heterocycles. The molecule has 2 aromatic rings. The summed E-state index contributed by atoms with van der Waals surface area (Å²) < 4.78 is 5.87. The molecule has 0 bridgehead atoms. The largest absolute Gasteiger partial charge is 0.493 e. The standard InChI is InChI=1S/C21H26N4O2/c22-21(26)20(17-4-2-1-3-5-17)25-12-10-24(11-13-25)19-14-18(8-9-23-19)27-15-16-6-7-16/h1-5,8-9,14,16,20H,6-7,10-13,15H2,(H2,22,26). The van der Waals surface area contributed by atoms with E-state index in [4.69, 9.17) is 10.5 Å². The molecule has 6 nitrogen and oxygen atoms in total. The molecular weight excluding hydrogens is 340 g/mol. The Morgan fingerprint density at radius 2 is 1.89 bits per heavy atom. The van der Waals surface area contributed by atoms with Crippen molar-refractivity contribution < 1.29 is 9.53 Å². The third-order valence-corrected chi connectivity index (χ3v) is 5.29. The lowest BCUT2D eigenvalue weighted by Crippen LogP contribution is -2.50. The number of ether oxygens (including phenoxy) is 1. The van der Waals surface area contributed by atoms with Crippen LogP contribution in [0.4, 0.5) is 5.82 Å². The van der Waals surface area contributed by atoms with Crippen LogP contribution in [0.1, 0.15) is 24.4 Å². The SMILES string of the molecule is NC(=O)C(c1ccccc1)N1CCN(c2cc(OCC3CC3)ccn2)CC1. The zero-order chi connectivity index (χ0) is 18.6. The summed E-state index contributed by atoms with van der Waals surface area (Å²) in [6.07, 6.45) is 4.37. The van der Waals surface area contributed by atoms with E-state index >= 15 is 0 Å². The molecular formula is C21H26N4O2. The lowest BCUT2D eigenvalue weighted by atomic mass is 10.0. The molecule has 1 saturated carbocycles. The van der Waals surface area contributed by atoms with Crippen molar-refractivity contribution in [2.45, 2.75) is 18.9 Å². The van der Waals surface area contributed by atoms with E-state index in [9.17, 15) is 4.79 Å². The lowest BCUT2D eigenvalue weighted by Gasteiger charge is -2.38. The van der Waals surface area contributed by atoms with Crippen molar-refractivity contribution in [2.75, 3.05) is 37.7 Å². The van der Waals surface area contributed by atoms with E-state index in [1.165, 1.54) is 12.8 Å². The Balaban J connectivity index is 1.39. The molecule has 0 spiro atoms. The smallest absolute Gasteiger partial charge is 0.239 e. The van der Waals surface area contributed by atoms with Gasteiger partial charge in [0.2, 0.25) is 5.91 Å². The lowest BCUT2D eigenvalue weighted by molar-refractivity contribution is -0.123. The third-order valence-electron chi connectivity index (χ3n) is 5.29. The van der Waals surface area contributed by atoms with Crippen LogP contribution in [-0.2, 0) is 4.79 Å². The van der Waals surface area contributed by atoms with Crippen molar-refractivity contribution in [3.63, 3.8) is 0 Å². The maximum absolute atomic E-state index is 12.1. The number of anilines is 1. The maximum Gasteiger partial charge on any atom is 0.239 e. The van der Waals surface area contributed by atoms with Gasteiger partial charge in [0, 0.05) is 38.4 Å². The maximum atomic E-state index is 12.1. The minimum Gasteiger partial charge on any atom is -0.493 e. The number of aromatic nitrogens is 1. The fraction of sp³-hybridized carbons (Fsp3) is 0.429. The van der Waals surface area contributed by atoms with Gasteiger partial charge in [0.05, 0.1) is 6.61 Å². The fourth-order valence-electron chi connectivity index (χ4n) is 3.56. The number of piperazine rings is 1. The molecule has 6 heteroatoms. The Hall–Kier alpha value is -2.60. The number of carbonyl (C=O) groups excluding carboxylic acids is 1. The zero-order valence-electron chi connectivity index (χ0n) is 15.5. The summed E-state index contributed by atoms with van der Waals surface area (Å²) in [4.78, 5) is 21.0. The highest BCUT2D eigenvalue weighted by atomic mass is 16.5. The number of hydrogen-bond donors (Lipinski definition) is 1. The number of amides is 1. The van der Waals surface area contributed by atoms with Gasteiger partial charge in [0.15, 0.2) is 0 Å². The van der Waals surface area contributed by atoms with Crippen LogP contribution >= 0.6 is 0 Å². The quantitative estimate of drug-likeness (QED) is 0.814. The highest BCUT2D eigenvalue weighted by Crippen LogP contribution is 2.30. The fourth-order valence-corrected chi connectivity index (χ4v) is 3.56. The zero-order valence-corrected chi connectivity index (χ0v) is 15.5. The van der Waals surface area contributed by atoms with Crippen LogP contribution < -0.4 is 15.4 Å². The van der Waals surface area contributed by atoms with Gasteiger partial charge in [-0.3, -0.25) is 9.69 Å². The monoisotopic (exact) mass is 366 g/mol. The number of pyridine rings is 1. The van der Waals surface area contributed by atoms with Crippen LogP contribution in [0.15, 0.2) is 48.7 Å². The summed E-state index contributed by atoms with van der Waals surface area (Å²) in [5.74, 6) is 2.24. The van der Waals surface area contributed by atoms with Gasteiger partial charge >= 0.3 is 0 Å². The first kappa shape index (κ1) is 17.8. The molecule has 1 aromatic heterocycles. The number of carbonyl (C=O) groups is 1. The molecule has 1 amide bonds. The van der Waals surface area contributed by atoms with Crippen molar-refractivity contribution in [2.24, 2.45) is 11.7 Å². The minimum absolute atomic E-state index is 0.303. The second kappa shape index (κ2) is 7.96. The van der Waals surface area contributed by atoms with Crippen LogP contribution in [0.5, 0.6) is 5.75 Å². The highest BCUT2D eigenvalue weighted by molar-refractivity contribution is 5.81. The first-order valence-electron chi connectivity index (χ1n) is 9.63. The summed E-state index contributed by atoms with van der Waals surface area (Å²) in [5, 5.41) is 0. The molecule has 1 atom stereocenters. The average molecular weight is 366 g/mol. The van der Waals surface area contributed by atoms with Gasteiger partial charge in [-0.1, -0.05) is 30.3 Å². The highest BCUT2D eigenvalue weighted by Gasteiger charge is 2.29. The number of primary amides is 1. The van der Waals surface area contributed by atoms with Crippen molar-refractivity contribution in [3.05, 3.63) is 54.2 Å². The second-order valence-electron chi connectivity index (χ2n) is 7.34. The van der Waals surface area contributed by atoms with Crippen LogP contribution in [0, 0.1) is 5.92 Å². The summed E-state index contributed by atoms with van der Waals surface area (Å²) in [5.41, 5.74) is 6.66. The van der Waals surface area contributed by atoms with Crippen LogP contribution in [0.25, 0.3) is 0 Å². The molecule has 2 fully saturated rings. The van der Waals surface area contributed by atoms with Crippen molar-refractivity contribution >= 4 is 11.7 Å². The first-order chi connectivity index (χ1) is 13.2. The second-order valence-corrected chi connectivity index (χ2v) is 7.34. The molecule has 1 aliphatic heterocycles. The van der Waals surface area contributed by atoms with E-state index < -0.39 is 0 Å². The Labute approximate surface area is 159 Å². The minimum atomic E-state index is -0.380. The third kappa shape index (κ3) is 4.39. The molecule has 1 aliphatic carbocycles. The molecule has 1 aromatic carbocycles. The van der Waals surface area contributed by atoms with Crippen LogP contribution in [-0.4, -0.2) is 48.6 Å². The Morgan fingerprint density at radius 1 is 1.15 bits per heavy atom. The first-order valence-corrected chi connectivity index (χ1v) is 9.63. The van der Waals surface area contributed by atoms with E-state index in [1.54, 1.807) is 6.20 Å². The predicted octanol–water partition coefficient (Wildman–Crippen LogP) is 2.22. The summed E-state index contributed by atoms with van der Waals surface area (Å²) in [7, 11) is 0. The Bertz CT molecular complexity index is 771. The molecule has 0 radical (unpaired) electrons. The van der Waals surface area contributed by atoms with E-state index in [-0.39, 0.29) is 11.9 Å². The van der Waals surface area contributed by atoms with Crippen molar-refractivity contribution in [1.82, 2.24) is 9.88 Å². The van der Waals surface area contributed by atoms with E-state index in [0.29, 0.717) is 0 Å². The Morgan fingerprint density at radius 3 is 2.56 bits per heavy atom. The Kier molecular flexibility index (Phi) is 5.25. The number of nitrogens with two attached hydrogens (primary N) is 1. The topological polar surface area (TPSA) is 71.7 Å². The molecule has 2 heterocycles. The van der Waals surface area contributed by atoms with Crippen LogP contribution in [0.3, 0.4) is 0 Å². The van der Waals surface area contributed by atoms with Crippen LogP contribution in [0.2, 0.25) is 0 Å². The predicted molar refractivity (Wildman–Crippen MR) is 105 cm³/mol. The molecule has 142 valence electrons. The van der Waals surface area contributed by atoms with E-state index in [0.717, 1.165) is 55.8 Å². The molecule has 1 unspecified atom stereocenters. The molecule has 27 heavy (non-hydrogen) atoms. The number of rotatable bonds is 7. The number of hydrogen-bond acceptors (Lipinski definition) is 5. The van der Waals surface area contributed by atoms with Crippen molar-refractivity contribution in [1.29, 1.82) is 0 Å². The van der Waals surface area contributed by atoms with E-state index in [1.807, 2.05) is 42.5 Å². The average Bonchev–Trinajstić information content (AvgIpc) is 3.52. The molecule has 4 rings (SSSR count). The molecule has 2 aliphatic rings. The van der Waals surface area contributed by atoms with Gasteiger partial charge < -0.3 is 15.4 Å². The molecule has 2 N–H and O–H groups in total. The summed E-state index contributed by atoms with van der Waals surface area (Å²) in [6.45, 7) is 3.93. The normalized spacial score (nSPS) is 18.9. The van der Waals surface area contributed by atoms with Gasteiger partial charge in [-0.05, 0) is 30.4 Å². The number of benzene rings is 1. The summed E-state index contributed by atoms with van der Waals surface area (Å²) >= 11 is 0. The van der Waals surface area contributed by atoms with Crippen molar-refractivity contribution in [3.8, 4) is 5.75 Å². The van der Waals surface area contributed by atoms with Gasteiger partial charge in [-0.15, -0.1) is 0 Å².